The molecule has 112 valence electrons. The Balaban J connectivity index is 2.12. The van der Waals surface area contributed by atoms with Crippen LogP contribution in [-0.4, -0.2) is 37.1 Å². The van der Waals surface area contributed by atoms with E-state index in [1.165, 1.54) is 12.1 Å². The second-order valence-corrected chi connectivity index (χ2v) is 6.54. The molecule has 5 nitrogen and oxygen atoms in total. The topological polar surface area (TPSA) is 83.8 Å². The number of hydrogen-bond acceptors (Lipinski definition) is 5. The van der Waals surface area contributed by atoms with Gasteiger partial charge in [0.2, 0.25) is 0 Å². The van der Waals surface area contributed by atoms with Crippen LogP contribution in [0.4, 0.5) is 0 Å². The van der Waals surface area contributed by atoms with Crippen LogP contribution in [0.15, 0.2) is 59.5 Å². The van der Waals surface area contributed by atoms with E-state index in [2.05, 4.69) is 0 Å². The van der Waals surface area contributed by atoms with Crippen LogP contribution in [0.25, 0.3) is 0 Å². The molecule has 0 fully saturated rings. The molecule has 0 aliphatic rings. The Morgan fingerprint density at radius 2 is 1.52 bits per heavy atom. The van der Waals surface area contributed by atoms with E-state index in [4.69, 9.17) is 9.84 Å². The van der Waals surface area contributed by atoms with Gasteiger partial charge in [0, 0.05) is 0 Å². The van der Waals surface area contributed by atoms with E-state index >= 15 is 0 Å². The Bertz CT molecular complexity index is 665. The SMILES string of the molecule is O=S(=O)(CC(O)CO)c1ccc(Oc2ccccc2)cc1. The zero-order valence-electron chi connectivity index (χ0n) is 11.2. The van der Waals surface area contributed by atoms with Gasteiger partial charge in [-0.1, -0.05) is 18.2 Å². The monoisotopic (exact) mass is 308 g/mol. The lowest BCUT2D eigenvalue weighted by atomic mass is 10.3. The van der Waals surface area contributed by atoms with Gasteiger partial charge in [-0.3, -0.25) is 0 Å². The van der Waals surface area contributed by atoms with Gasteiger partial charge in [-0.05, 0) is 36.4 Å². The molecule has 0 radical (unpaired) electrons. The van der Waals surface area contributed by atoms with E-state index in [0.29, 0.717) is 11.5 Å². The van der Waals surface area contributed by atoms with Crippen molar-refractivity contribution in [3.05, 3.63) is 54.6 Å². The van der Waals surface area contributed by atoms with Crippen LogP contribution in [0.1, 0.15) is 0 Å². The summed E-state index contributed by atoms with van der Waals surface area (Å²) in [5, 5.41) is 18.0. The van der Waals surface area contributed by atoms with Gasteiger partial charge in [-0.2, -0.15) is 0 Å². The van der Waals surface area contributed by atoms with Gasteiger partial charge in [0.15, 0.2) is 9.84 Å². The standard InChI is InChI=1S/C15H16O5S/c16-10-12(17)11-21(18,19)15-8-6-14(7-9-15)20-13-4-2-1-3-5-13/h1-9,12,16-17H,10-11H2. The first kappa shape index (κ1) is 15.5. The molecule has 1 atom stereocenters. The minimum Gasteiger partial charge on any atom is -0.457 e. The van der Waals surface area contributed by atoms with Gasteiger partial charge in [0.05, 0.1) is 23.4 Å². The van der Waals surface area contributed by atoms with Gasteiger partial charge in [0.25, 0.3) is 0 Å². The second kappa shape index (κ2) is 6.71. The summed E-state index contributed by atoms with van der Waals surface area (Å²) in [4.78, 5) is 0.0791. The lowest BCUT2D eigenvalue weighted by Crippen LogP contribution is -2.24. The molecule has 2 rings (SSSR count). The first-order valence-electron chi connectivity index (χ1n) is 6.36. The fourth-order valence-electron chi connectivity index (χ4n) is 1.74. The van der Waals surface area contributed by atoms with E-state index in [1.807, 2.05) is 18.2 Å². The summed E-state index contributed by atoms with van der Waals surface area (Å²) in [6.45, 7) is -0.589. The third-order valence-corrected chi connectivity index (χ3v) is 4.60. The summed E-state index contributed by atoms with van der Waals surface area (Å²) >= 11 is 0. The first-order chi connectivity index (χ1) is 10.0. The fraction of sp³-hybridized carbons (Fsp3) is 0.200. The van der Waals surface area contributed by atoms with Crippen molar-refractivity contribution >= 4 is 9.84 Å². The zero-order valence-corrected chi connectivity index (χ0v) is 12.0. The number of aliphatic hydroxyl groups is 2. The Hall–Kier alpha value is -1.89. The molecule has 0 bridgehead atoms. The molecule has 0 spiro atoms. The van der Waals surface area contributed by atoms with E-state index < -0.39 is 28.3 Å². The van der Waals surface area contributed by atoms with E-state index in [0.717, 1.165) is 0 Å². The van der Waals surface area contributed by atoms with Crippen molar-refractivity contribution in [2.24, 2.45) is 0 Å². The number of sulfone groups is 1. The molecular formula is C15H16O5S. The number of aliphatic hydroxyl groups excluding tert-OH is 2. The summed E-state index contributed by atoms with van der Waals surface area (Å²) in [6, 6.07) is 15.1. The van der Waals surface area contributed by atoms with Crippen LogP contribution in [0, 0.1) is 0 Å². The molecule has 1 unspecified atom stereocenters. The highest BCUT2D eigenvalue weighted by Gasteiger charge is 2.19. The highest BCUT2D eigenvalue weighted by atomic mass is 32.2. The van der Waals surface area contributed by atoms with Crippen LogP contribution < -0.4 is 4.74 Å². The molecular weight excluding hydrogens is 292 g/mol. The fourth-order valence-corrected chi connectivity index (χ4v) is 3.10. The third kappa shape index (κ3) is 4.29. The molecule has 0 saturated carbocycles. The largest absolute Gasteiger partial charge is 0.457 e. The van der Waals surface area contributed by atoms with Gasteiger partial charge in [-0.15, -0.1) is 0 Å². The van der Waals surface area contributed by atoms with Gasteiger partial charge in [-0.25, -0.2) is 8.42 Å². The molecule has 0 amide bonds. The Morgan fingerprint density at radius 1 is 0.952 bits per heavy atom. The van der Waals surface area contributed by atoms with Crippen LogP contribution >= 0.6 is 0 Å². The van der Waals surface area contributed by atoms with Gasteiger partial charge >= 0.3 is 0 Å². The molecule has 2 aromatic rings. The lowest BCUT2D eigenvalue weighted by Gasteiger charge is -2.09. The predicted octanol–water partition coefficient (Wildman–Crippen LogP) is 1.61. The number of hydrogen-bond donors (Lipinski definition) is 2. The normalized spacial score (nSPS) is 12.9. The van der Waals surface area contributed by atoms with Crippen molar-refractivity contribution in [2.75, 3.05) is 12.4 Å². The van der Waals surface area contributed by atoms with Crippen LogP contribution in [0.3, 0.4) is 0 Å². The summed E-state index contributed by atoms with van der Waals surface area (Å²) < 4.78 is 29.5. The second-order valence-electron chi connectivity index (χ2n) is 4.50. The molecule has 6 heteroatoms. The zero-order chi connectivity index (χ0) is 15.3. The Kier molecular flexibility index (Phi) is 4.95. The van der Waals surface area contributed by atoms with Gasteiger partial charge < -0.3 is 14.9 Å². The van der Waals surface area contributed by atoms with E-state index in [9.17, 15) is 13.5 Å². The number of ether oxygens (including phenoxy) is 1. The van der Waals surface area contributed by atoms with Crippen molar-refractivity contribution in [1.82, 2.24) is 0 Å². The molecule has 0 heterocycles. The van der Waals surface area contributed by atoms with Gasteiger partial charge in [0.1, 0.15) is 11.5 Å². The Morgan fingerprint density at radius 3 is 2.10 bits per heavy atom. The van der Waals surface area contributed by atoms with Crippen molar-refractivity contribution in [1.29, 1.82) is 0 Å². The highest BCUT2D eigenvalue weighted by molar-refractivity contribution is 7.91. The van der Waals surface area contributed by atoms with Crippen LogP contribution in [-0.2, 0) is 9.84 Å². The molecule has 2 N–H and O–H groups in total. The summed E-state index contributed by atoms with van der Waals surface area (Å²) in [6.07, 6.45) is -1.28. The van der Waals surface area contributed by atoms with E-state index in [1.54, 1.807) is 24.3 Å². The Labute approximate surface area is 123 Å². The first-order valence-corrected chi connectivity index (χ1v) is 8.01. The summed E-state index contributed by atoms with van der Waals surface area (Å²) in [5.74, 6) is 0.661. The maximum absolute atomic E-state index is 12.0. The minimum absolute atomic E-state index is 0.0791. The molecule has 0 aromatic heterocycles. The molecule has 21 heavy (non-hydrogen) atoms. The number of rotatable bonds is 6. The third-order valence-electron chi connectivity index (χ3n) is 2.78. The van der Waals surface area contributed by atoms with E-state index in [-0.39, 0.29) is 4.90 Å². The van der Waals surface area contributed by atoms with Crippen molar-refractivity contribution < 1.29 is 23.4 Å². The maximum Gasteiger partial charge on any atom is 0.181 e. The molecule has 0 saturated heterocycles. The maximum atomic E-state index is 12.0. The minimum atomic E-state index is -3.63. The van der Waals surface area contributed by atoms with Crippen LogP contribution in [0.5, 0.6) is 11.5 Å². The average molecular weight is 308 g/mol. The number of benzene rings is 2. The highest BCUT2D eigenvalue weighted by Crippen LogP contribution is 2.23. The van der Waals surface area contributed by atoms with Crippen molar-refractivity contribution in [3.8, 4) is 11.5 Å². The van der Waals surface area contributed by atoms with Crippen molar-refractivity contribution in [3.63, 3.8) is 0 Å². The average Bonchev–Trinajstić information content (AvgIpc) is 2.48. The van der Waals surface area contributed by atoms with Crippen molar-refractivity contribution in [2.45, 2.75) is 11.0 Å². The molecule has 0 aliphatic heterocycles. The number of para-hydroxylation sites is 1. The van der Waals surface area contributed by atoms with Crippen LogP contribution in [0.2, 0.25) is 0 Å². The summed E-state index contributed by atoms with van der Waals surface area (Å²) in [7, 11) is -3.63. The predicted molar refractivity (Wildman–Crippen MR) is 78.1 cm³/mol. The molecule has 0 aliphatic carbocycles. The quantitative estimate of drug-likeness (QED) is 0.847. The lowest BCUT2D eigenvalue weighted by molar-refractivity contribution is 0.112. The molecule has 2 aromatic carbocycles. The smallest absolute Gasteiger partial charge is 0.181 e. The summed E-state index contributed by atoms with van der Waals surface area (Å²) in [5.41, 5.74) is 0.